The molecule has 46 heavy (non-hydrogen) atoms. The summed E-state index contributed by atoms with van der Waals surface area (Å²) in [6.07, 6.45) is 26.1. The average molecular weight is 678 g/mol. The summed E-state index contributed by atoms with van der Waals surface area (Å²) < 4.78 is 32.3. The van der Waals surface area contributed by atoms with E-state index in [-0.39, 0.29) is 19.4 Å². The van der Waals surface area contributed by atoms with Gasteiger partial charge in [0.1, 0.15) is 12.6 Å². The van der Waals surface area contributed by atoms with Gasteiger partial charge in [0.05, 0.1) is 13.2 Å². The van der Waals surface area contributed by atoms with E-state index in [1.165, 1.54) is 44.9 Å². The first-order chi connectivity index (χ1) is 22.1. The van der Waals surface area contributed by atoms with Crippen molar-refractivity contribution in [2.45, 2.75) is 167 Å². The second kappa shape index (κ2) is 30.5. The number of carbonyl (C=O) groups is 3. The van der Waals surface area contributed by atoms with Crippen LogP contribution in [0.5, 0.6) is 0 Å². The Morgan fingerprint density at radius 1 is 0.652 bits per heavy atom. The fourth-order valence-corrected chi connectivity index (χ4v) is 5.42. The monoisotopic (exact) mass is 677 g/mol. The van der Waals surface area contributed by atoms with Gasteiger partial charge in [-0.05, 0) is 38.5 Å². The number of nitrogens with two attached hydrogens (primary N) is 1. The van der Waals surface area contributed by atoms with Crippen molar-refractivity contribution in [3.05, 3.63) is 12.2 Å². The highest BCUT2D eigenvalue weighted by molar-refractivity contribution is 7.47. The number of unbranched alkanes of at least 4 members (excludes halogenated alkanes) is 17. The molecule has 270 valence electrons. The predicted molar refractivity (Wildman–Crippen MR) is 180 cm³/mol. The zero-order valence-electron chi connectivity index (χ0n) is 28.7. The van der Waals surface area contributed by atoms with Crippen LogP contribution in [0.25, 0.3) is 0 Å². The molecule has 0 saturated carbocycles. The third-order valence-corrected chi connectivity index (χ3v) is 8.46. The smallest absolute Gasteiger partial charge is 0.472 e. The highest BCUT2D eigenvalue weighted by Crippen LogP contribution is 2.43. The molecule has 0 spiro atoms. The minimum Gasteiger partial charge on any atom is -0.480 e. The van der Waals surface area contributed by atoms with Crippen LogP contribution in [-0.2, 0) is 37.5 Å². The van der Waals surface area contributed by atoms with Crippen LogP contribution < -0.4 is 5.73 Å². The lowest BCUT2D eigenvalue weighted by atomic mass is 10.1. The third-order valence-electron chi connectivity index (χ3n) is 7.51. The predicted octanol–water partition coefficient (Wildman–Crippen LogP) is 8.17. The molecule has 0 aliphatic carbocycles. The number of rotatable bonds is 33. The van der Waals surface area contributed by atoms with Crippen molar-refractivity contribution in [3.63, 3.8) is 0 Å². The molecule has 12 heteroatoms. The highest BCUT2D eigenvalue weighted by atomic mass is 31.2. The topological polar surface area (TPSA) is 172 Å². The zero-order valence-corrected chi connectivity index (χ0v) is 29.6. The van der Waals surface area contributed by atoms with E-state index in [9.17, 15) is 23.8 Å². The number of phosphoric acid groups is 1. The van der Waals surface area contributed by atoms with Crippen LogP contribution in [0, 0.1) is 0 Å². The zero-order chi connectivity index (χ0) is 34.3. The van der Waals surface area contributed by atoms with Gasteiger partial charge in [0.2, 0.25) is 0 Å². The van der Waals surface area contributed by atoms with E-state index in [2.05, 4.69) is 30.5 Å². The number of esters is 2. The van der Waals surface area contributed by atoms with Gasteiger partial charge in [-0.2, -0.15) is 0 Å². The molecular formula is C34H64NO10P. The van der Waals surface area contributed by atoms with Crippen LogP contribution in [0.15, 0.2) is 12.2 Å². The molecule has 0 radical (unpaired) electrons. The highest BCUT2D eigenvalue weighted by Gasteiger charge is 2.28. The van der Waals surface area contributed by atoms with Gasteiger partial charge in [0, 0.05) is 12.8 Å². The number of hydrogen-bond acceptors (Lipinski definition) is 9. The minimum absolute atomic E-state index is 0.154. The summed E-state index contributed by atoms with van der Waals surface area (Å²) in [5.74, 6) is -2.40. The number of carbonyl (C=O) groups excluding carboxylic acids is 2. The molecule has 0 amide bonds. The van der Waals surface area contributed by atoms with Crippen LogP contribution in [0.4, 0.5) is 0 Å². The fraction of sp³-hybridized carbons (Fsp3) is 0.853. The molecule has 0 aliphatic heterocycles. The summed E-state index contributed by atoms with van der Waals surface area (Å²) in [5.41, 5.74) is 5.29. The average Bonchev–Trinajstić information content (AvgIpc) is 3.02. The first kappa shape index (κ1) is 44.2. The number of phosphoric ester groups is 1. The van der Waals surface area contributed by atoms with E-state index >= 15 is 0 Å². The Morgan fingerprint density at radius 2 is 1.09 bits per heavy atom. The Labute approximate surface area is 278 Å². The molecule has 0 aliphatic rings. The minimum atomic E-state index is -4.70. The summed E-state index contributed by atoms with van der Waals surface area (Å²) in [5, 5.41) is 8.82. The number of allylic oxidation sites excluding steroid dienone is 2. The lowest BCUT2D eigenvalue weighted by Gasteiger charge is -2.20. The first-order valence-corrected chi connectivity index (χ1v) is 19.2. The number of aliphatic carboxylic acids is 1. The van der Waals surface area contributed by atoms with Crippen molar-refractivity contribution < 1.29 is 47.5 Å². The van der Waals surface area contributed by atoms with Crippen LogP contribution in [0.2, 0.25) is 0 Å². The Hall–Kier alpha value is -1.78. The van der Waals surface area contributed by atoms with E-state index in [0.29, 0.717) is 12.8 Å². The quantitative estimate of drug-likeness (QED) is 0.0265. The molecule has 3 atom stereocenters. The lowest BCUT2D eigenvalue weighted by Crippen LogP contribution is -2.34. The molecule has 0 aromatic carbocycles. The molecule has 3 unspecified atom stereocenters. The molecule has 11 nitrogen and oxygen atoms in total. The SMILES string of the molecule is CCCCCCCCC/C=C\CCCCCCCC(=O)OC(COC(=O)CCCCCCCC)COP(=O)(O)OCC(N)C(=O)O. The van der Waals surface area contributed by atoms with Crippen molar-refractivity contribution in [3.8, 4) is 0 Å². The summed E-state index contributed by atoms with van der Waals surface area (Å²) >= 11 is 0. The maximum atomic E-state index is 12.5. The van der Waals surface area contributed by atoms with E-state index in [1.54, 1.807) is 0 Å². The molecule has 0 heterocycles. The second-order valence-corrected chi connectivity index (χ2v) is 13.5. The second-order valence-electron chi connectivity index (χ2n) is 12.0. The van der Waals surface area contributed by atoms with Crippen molar-refractivity contribution in [1.82, 2.24) is 0 Å². The number of hydrogen-bond donors (Lipinski definition) is 3. The van der Waals surface area contributed by atoms with Crippen molar-refractivity contribution >= 4 is 25.7 Å². The van der Waals surface area contributed by atoms with E-state index < -0.39 is 51.1 Å². The van der Waals surface area contributed by atoms with Gasteiger partial charge in [0.25, 0.3) is 0 Å². The molecule has 0 bridgehead atoms. The van der Waals surface area contributed by atoms with E-state index in [1.807, 2.05) is 0 Å². The largest absolute Gasteiger partial charge is 0.480 e. The van der Waals surface area contributed by atoms with Crippen molar-refractivity contribution in [1.29, 1.82) is 0 Å². The Morgan fingerprint density at radius 3 is 1.59 bits per heavy atom. The van der Waals surface area contributed by atoms with Gasteiger partial charge in [-0.1, -0.05) is 116 Å². The standard InChI is InChI=1S/C34H64NO10P/c1-3-5-7-9-11-12-13-14-15-16-17-18-19-20-22-24-26-33(37)45-30(27-42-32(36)25-23-21-10-8-6-4-2)28-43-46(40,41)44-29-31(35)34(38)39/h15-16,30-31H,3-14,17-29,35H2,1-2H3,(H,38,39)(H,40,41)/b16-15-. The van der Waals surface area contributed by atoms with Crippen LogP contribution in [-0.4, -0.2) is 59.9 Å². The van der Waals surface area contributed by atoms with E-state index in [0.717, 1.165) is 70.6 Å². The number of ether oxygens (including phenoxy) is 2. The molecule has 0 aromatic heterocycles. The maximum Gasteiger partial charge on any atom is 0.472 e. The van der Waals surface area contributed by atoms with Gasteiger partial charge in [0.15, 0.2) is 6.10 Å². The Kier molecular flexibility index (Phi) is 29.4. The van der Waals surface area contributed by atoms with Gasteiger partial charge >= 0.3 is 25.7 Å². The van der Waals surface area contributed by atoms with Gasteiger partial charge in [-0.15, -0.1) is 0 Å². The summed E-state index contributed by atoms with van der Waals surface area (Å²) in [6, 6.07) is -1.52. The fourth-order valence-electron chi connectivity index (χ4n) is 4.65. The van der Waals surface area contributed by atoms with Gasteiger partial charge in [-0.3, -0.25) is 23.4 Å². The van der Waals surface area contributed by atoms with Crippen molar-refractivity contribution in [2.24, 2.45) is 5.73 Å². The summed E-state index contributed by atoms with van der Waals surface area (Å²) in [7, 11) is -4.70. The number of carboxylic acid groups (broad SMARTS) is 1. The van der Waals surface area contributed by atoms with Crippen LogP contribution in [0.3, 0.4) is 0 Å². The molecule has 4 N–H and O–H groups in total. The molecule has 0 saturated heterocycles. The normalized spacial score (nSPS) is 14.2. The summed E-state index contributed by atoms with van der Waals surface area (Å²) in [6.45, 7) is 2.69. The maximum absolute atomic E-state index is 12.5. The first-order valence-electron chi connectivity index (χ1n) is 17.7. The van der Waals surface area contributed by atoms with Gasteiger partial charge < -0.3 is 25.2 Å². The third kappa shape index (κ3) is 29.6. The van der Waals surface area contributed by atoms with Crippen molar-refractivity contribution in [2.75, 3.05) is 19.8 Å². The Bertz CT molecular complexity index is 854. The molecule has 0 rings (SSSR count). The molecular weight excluding hydrogens is 613 g/mol. The van der Waals surface area contributed by atoms with Crippen LogP contribution in [0.1, 0.15) is 155 Å². The van der Waals surface area contributed by atoms with Crippen LogP contribution >= 0.6 is 7.82 Å². The summed E-state index contributed by atoms with van der Waals surface area (Å²) in [4.78, 5) is 45.4. The van der Waals surface area contributed by atoms with E-state index in [4.69, 9.17) is 24.8 Å². The molecule has 0 aromatic rings. The number of carboxylic acids is 1. The molecule has 0 fully saturated rings. The lowest BCUT2D eigenvalue weighted by molar-refractivity contribution is -0.161. The Balaban J connectivity index is 4.39. The van der Waals surface area contributed by atoms with Gasteiger partial charge in [-0.25, -0.2) is 4.57 Å².